The van der Waals surface area contributed by atoms with Gasteiger partial charge in [-0.25, -0.2) is 9.97 Å². The Morgan fingerprint density at radius 1 is 1.23 bits per heavy atom. The maximum absolute atomic E-state index is 4.84. The SMILES string of the molecule is CN1CCC(Cn2c(-c3cccs3)nc3cccnc32)CC1. The fraction of sp³-hybridized carbons (Fsp3) is 0.412. The average molecular weight is 312 g/mol. The lowest BCUT2D eigenvalue weighted by Gasteiger charge is -2.29. The van der Waals surface area contributed by atoms with E-state index in [2.05, 4.69) is 45.1 Å². The summed E-state index contributed by atoms with van der Waals surface area (Å²) in [4.78, 5) is 13.1. The van der Waals surface area contributed by atoms with Crippen molar-refractivity contribution in [1.82, 2.24) is 19.4 Å². The minimum atomic E-state index is 0.717. The Bertz CT molecular complexity index is 754. The summed E-state index contributed by atoms with van der Waals surface area (Å²) in [7, 11) is 2.21. The lowest BCUT2D eigenvalue weighted by Crippen LogP contribution is -2.32. The molecule has 114 valence electrons. The minimum absolute atomic E-state index is 0.717. The molecule has 0 radical (unpaired) electrons. The Kier molecular flexibility index (Phi) is 3.68. The number of likely N-dealkylation sites (tertiary alicyclic amines) is 1. The van der Waals surface area contributed by atoms with Gasteiger partial charge in [0.1, 0.15) is 5.52 Å². The van der Waals surface area contributed by atoms with E-state index in [1.165, 1.54) is 30.8 Å². The average Bonchev–Trinajstić information content (AvgIpc) is 3.18. The first-order chi connectivity index (χ1) is 10.8. The van der Waals surface area contributed by atoms with Crippen molar-refractivity contribution in [3.05, 3.63) is 35.8 Å². The lowest BCUT2D eigenvalue weighted by molar-refractivity contribution is 0.206. The van der Waals surface area contributed by atoms with Crippen LogP contribution < -0.4 is 0 Å². The second kappa shape index (κ2) is 5.82. The minimum Gasteiger partial charge on any atom is -0.308 e. The molecule has 1 aliphatic heterocycles. The Balaban J connectivity index is 1.73. The molecule has 5 heteroatoms. The number of nitrogens with zero attached hydrogens (tertiary/aromatic N) is 4. The van der Waals surface area contributed by atoms with Crippen LogP contribution in [-0.4, -0.2) is 39.6 Å². The number of aromatic nitrogens is 3. The van der Waals surface area contributed by atoms with Gasteiger partial charge in [0.25, 0.3) is 0 Å². The van der Waals surface area contributed by atoms with Gasteiger partial charge >= 0.3 is 0 Å². The van der Waals surface area contributed by atoms with E-state index in [4.69, 9.17) is 4.98 Å². The molecule has 22 heavy (non-hydrogen) atoms. The van der Waals surface area contributed by atoms with Crippen molar-refractivity contribution in [2.24, 2.45) is 5.92 Å². The van der Waals surface area contributed by atoms with E-state index in [1.807, 2.05) is 12.3 Å². The number of hydrogen-bond donors (Lipinski definition) is 0. The third kappa shape index (κ3) is 2.55. The summed E-state index contributed by atoms with van der Waals surface area (Å²) in [5.74, 6) is 1.79. The van der Waals surface area contributed by atoms with Crippen molar-refractivity contribution in [2.75, 3.05) is 20.1 Å². The molecule has 4 rings (SSSR count). The van der Waals surface area contributed by atoms with Crippen LogP contribution in [0.5, 0.6) is 0 Å². The van der Waals surface area contributed by atoms with Crippen LogP contribution in [0.2, 0.25) is 0 Å². The van der Waals surface area contributed by atoms with E-state index in [0.717, 1.165) is 23.5 Å². The Labute approximate surface area is 134 Å². The summed E-state index contributed by atoms with van der Waals surface area (Å²) in [5.41, 5.74) is 2.02. The fourth-order valence-corrected chi connectivity index (χ4v) is 3.95. The molecule has 1 aliphatic rings. The largest absolute Gasteiger partial charge is 0.308 e. The van der Waals surface area contributed by atoms with Crippen molar-refractivity contribution >= 4 is 22.5 Å². The fourth-order valence-electron chi connectivity index (χ4n) is 3.23. The van der Waals surface area contributed by atoms with Crippen LogP contribution in [0.25, 0.3) is 21.9 Å². The summed E-state index contributed by atoms with van der Waals surface area (Å²) in [6, 6.07) is 8.27. The standard InChI is InChI=1S/C17H20N4S/c1-20-9-6-13(7-10-20)12-21-16-14(4-2-8-18-16)19-17(21)15-5-3-11-22-15/h2-5,8,11,13H,6-7,9-10,12H2,1H3. The normalized spacial score (nSPS) is 17.3. The van der Waals surface area contributed by atoms with Crippen molar-refractivity contribution in [3.8, 4) is 10.7 Å². The van der Waals surface area contributed by atoms with Gasteiger partial charge in [-0.2, -0.15) is 0 Å². The van der Waals surface area contributed by atoms with Crippen molar-refractivity contribution in [1.29, 1.82) is 0 Å². The third-order valence-corrected chi connectivity index (χ3v) is 5.39. The quantitative estimate of drug-likeness (QED) is 0.742. The summed E-state index contributed by atoms with van der Waals surface area (Å²) in [5, 5.41) is 2.11. The van der Waals surface area contributed by atoms with Crippen molar-refractivity contribution < 1.29 is 0 Å². The molecule has 0 unspecified atom stereocenters. The molecular formula is C17H20N4S. The maximum atomic E-state index is 4.84. The number of piperidine rings is 1. The highest BCUT2D eigenvalue weighted by Crippen LogP contribution is 2.29. The van der Waals surface area contributed by atoms with Crippen LogP contribution in [0.3, 0.4) is 0 Å². The predicted octanol–water partition coefficient (Wildman–Crippen LogP) is 3.50. The zero-order valence-corrected chi connectivity index (χ0v) is 13.6. The van der Waals surface area contributed by atoms with E-state index in [0.29, 0.717) is 5.92 Å². The van der Waals surface area contributed by atoms with Crippen LogP contribution in [0, 0.1) is 5.92 Å². The zero-order chi connectivity index (χ0) is 14.9. The zero-order valence-electron chi connectivity index (χ0n) is 12.8. The number of fused-ring (bicyclic) bond motifs is 1. The van der Waals surface area contributed by atoms with E-state index in [9.17, 15) is 0 Å². The highest BCUT2D eigenvalue weighted by molar-refractivity contribution is 7.13. The first-order valence-corrected chi connectivity index (χ1v) is 8.73. The van der Waals surface area contributed by atoms with E-state index < -0.39 is 0 Å². The third-order valence-electron chi connectivity index (χ3n) is 4.52. The number of imidazole rings is 1. The van der Waals surface area contributed by atoms with Crippen molar-refractivity contribution in [3.63, 3.8) is 0 Å². The molecular weight excluding hydrogens is 292 g/mol. The molecule has 0 saturated carbocycles. The van der Waals surface area contributed by atoms with Gasteiger partial charge in [0.05, 0.1) is 4.88 Å². The molecule has 0 bridgehead atoms. The molecule has 0 atom stereocenters. The van der Waals surface area contributed by atoms with Gasteiger partial charge in [-0.3, -0.25) is 0 Å². The van der Waals surface area contributed by atoms with Crippen molar-refractivity contribution in [2.45, 2.75) is 19.4 Å². The lowest BCUT2D eigenvalue weighted by atomic mass is 9.97. The molecule has 1 fully saturated rings. The number of thiophene rings is 1. The van der Waals surface area contributed by atoms with E-state index in [-0.39, 0.29) is 0 Å². The molecule has 0 amide bonds. The number of rotatable bonds is 3. The van der Waals surface area contributed by atoms with Gasteiger partial charge in [-0.05, 0) is 62.5 Å². The highest BCUT2D eigenvalue weighted by atomic mass is 32.1. The summed E-state index contributed by atoms with van der Waals surface area (Å²) in [6.45, 7) is 3.41. The predicted molar refractivity (Wildman–Crippen MR) is 91.1 cm³/mol. The summed E-state index contributed by atoms with van der Waals surface area (Å²) < 4.78 is 2.33. The molecule has 4 heterocycles. The Morgan fingerprint density at radius 2 is 2.09 bits per heavy atom. The highest BCUT2D eigenvalue weighted by Gasteiger charge is 2.21. The molecule has 3 aromatic heterocycles. The summed E-state index contributed by atoms with van der Waals surface area (Å²) in [6.07, 6.45) is 4.38. The van der Waals surface area contributed by atoms with Gasteiger partial charge < -0.3 is 9.47 Å². The van der Waals surface area contributed by atoms with Crippen LogP contribution >= 0.6 is 11.3 Å². The molecule has 0 spiro atoms. The maximum Gasteiger partial charge on any atom is 0.160 e. The second-order valence-corrected chi connectivity index (χ2v) is 7.06. The van der Waals surface area contributed by atoms with E-state index >= 15 is 0 Å². The Morgan fingerprint density at radius 3 is 2.86 bits per heavy atom. The molecule has 0 N–H and O–H groups in total. The van der Waals surface area contributed by atoms with Gasteiger partial charge in [0, 0.05) is 12.7 Å². The topological polar surface area (TPSA) is 34.0 Å². The van der Waals surface area contributed by atoms with Crippen LogP contribution in [0.1, 0.15) is 12.8 Å². The van der Waals surface area contributed by atoms with Gasteiger partial charge in [-0.1, -0.05) is 6.07 Å². The number of pyridine rings is 1. The molecule has 4 nitrogen and oxygen atoms in total. The van der Waals surface area contributed by atoms with Gasteiger partial charge in [0.2, 0.25) is 0 Å². The molecule has 0 aliphatic carbocycles. The number of hydrogen-bond acceptors (Lipinski definition) is 4. The van der Waals surface area contributed by atoms with Crippen LogP contribution in [-0.2, 0) is 6.54 Å². The summed E-state index contributed by atoms with van der Waals surface area (Å²) >= 11 is 1.75. The van der Waals surface area contributed by atoms with Crippen LogP contribution in [0.15, 0.2) is 35.8 Å². The molecule has 1 saturated heterocycles. The van der Waals surface area contributed by atoms with Gasteiger partial charge in [0.15, 0.2) is 11.5 Å². The first kappa shape index (κ1) is 13.9. The van der Waals surface area contributed by atoms with Crippen LogP contribution in [0.4, 0.5) is 0 Å². The first-order valence-electron chi connectivity index (χ1n) is 7.85. The van der Waals surface area contributed by atoms with Gasteiger partial charge in [-0.15, -0.1) is 11.3 Å². The Hall–Kier alpha value is -1.72. The van der Waals surface area contributed by atoms with E-state index in [1.54, 1.807) is 11.3 Å². The molecule has 0 aromatic carbocycles. The second-order valence-electron chi connectivity index (χ2n) is 6.12. The molecule has 3 aromatic rings. The smallest absolute Gasteiger partial charge is 0.160 e. The monoisotopic (exact) mass is 312 g/mol.